The molecule has 0 saturated carbocycles. The van der Waals surface area contributed by atoms with Crippen molar-refractivity contribution >= 4 is 5.97 Å². The summed E-state index contributed by atoms with van der Waals surface area (Å²) in [4.78, 5) is 14.6. The highest BCUT2D eigenvalue weighted by molar-refractivity contribution is 5.80. The van der Waals surface area contributed by atoms with E-state index < -0.39 is 5.54 Å². The van der Waals surface area contributed by atoms with Gasteiger partial charge in [-0.1, -0.05) is 6.42 Å². The Kier molecular flexibility index (Phi) is 5.81. The van der Waals surface area contributed by atoms with Crippen LogP contribution in [0.5, 0.6) is 0 Å². The van der Waals surface area contributed by atoms with Crippen LogP contribution in [0.1, 0.15) is 53.9 Å². The minimum Gasteiger partial charge on any atom is -0.468 e. The minimum atomic E-state index is -0.636. The number of nitrogens with one attached hydrogen (secondary N) is 1. The van der Waals surface area contributed by atoms with Crippen LogP contribution in [0.25, 0.3) is 0 Å². The van der Waals surface area contributed by atoms with E-state index >= 15 is 0 Å². The number of piperidine rings is 1. The fraction of sp³-hybridized carbons (Fsp3) is 0.933. The van der Waals surface area contributed by atoms with E-state index in [0.717, 1.165) is 0 Å². The molecule has 19 heavy (non-hydrogen) atoms. The number of hydrogen-bond donors (Lipinski definition) is 1. The Hall–Kier alpha value is -0.610. The Bertz CT molecular complexity index is 297. The number of ether oxygens (including phenoxy) is 1. The van der Waals surface area contributed by atoms with E-state index in [0.29, 0.717) is 18.6 Å². The predicted molar refractivity (Wildman–Crippen MR) is 78.2 cm³/mol. The first-order chi connectivity index (χ1) is 8.80. The van der Waals surface area contributed by atoms with Crippen molar-refractivity contribution in [2.24, 2.45) is 0 Å². The van der Waals surface area contributed by atoms with E-state index in [1.54, 1.807) is 0 Å². The summed E-state index contributed by atoms with van der Waals surface area (Å²) in [5.41, 5.74) is -0.636. The third-order valence-corrected chi connectivity index (χ3v) is 4.12. The smallest absolute Gasteiger partial charge is 0.327 e. The first-order valence-corrected chi connectivity index (χ1v) is 7.42. The zero-order valence-corrected chi connectivity index (χ0v) is 13.3. The second kappa shape index (κ2) is 6.71. The van der Waals surface area contributed by atoms with Crippen molar-refractivity contribution in [3.05, 3.63) is 0 Å². The molecule has 4 nitrogen and oxygen atoms in total. The lowest BCUT2D eigenvalue weighted by Gasteiger charge is -2.44. The van der Waals surface area contributed by atoms with Crippen molar-refractivity contribution in [3.8, 4) is 0 Å². The van der Waals surface area contributed by atoms with Gasteiger partial charge in [0.15, 0.2) is 0 Å². The van der Waals surface area contributed by atoms with Crippen LogP contribution >= 0.6 is 0 Å². The third-order valence-electron chi connectivity index (χ3n) is 4.12. The van der Waals surface area contributed by atoms with Crippen molar-refractivity contribution in [1.82, 2.24) is 10.2 Å². The lowest BCUT2D eigenvalue weighted by atomic mass is 9.92. The highest BCUT2D eigenvalue weighted by atomic mass is 16.5. The molecule has 0 radical (unpaired) electrons. The highest BCUT2D eigenvalue weighted by Gasteiger charge is 2.39. The largest absolute Gasteiger partial charge is 0.468 e. The van der Waals surface area contributed by atoms with Crippen LogP contribution in [0.3, 0.4) is 0 Å². The van der Waals surface area contributed by atoms with Crippen molar-refractivity contribution < 1.29 is 9.53 Å². The van der Waals surface area contributed by atoms with Crippen molar-refractivity contribution in [2.45, 2.75) is 77.5 Å². The normalized spacial score (nSPS) is 28.2. The quantitative estimate of drug-likeness (QED) is 0.778. The second-order valence-corrected chi connectivity index (χ2v) is 6.42. The van der Waals surface area contributed by atoms with Crippen LogP contribution in [-0.2, 0) is 9.53 Å². The molecule has 0 aromatic heterocycles. The van der Waals surface area contributed by atoms with E-state index in [-0.39, 0.29) is 12.0 Å². The molecule has 1 heterocycles. The Morgan fingerprint density at radius 1 is 1.37 bits per heavy atom. The number of esters is 1. The van der Waals surface area contributed by atoms with Gasteiger partial charge in [-0.05, 0) is 47.5 Å². The van der Waals surface area contributed by atoms with Crippen molar-refractivity contribution in [1.29, 1.82) is 0 Å². The number of methoxy groups -OCH3 is 1. The van der Waals surface area contributed by atoms with Gasteiger partial charge in [-0.2, -0.15) is 0 Å². The molecular formula is C15H30N2O2. The van der Waals surface area contributed by atoms with Crippen LogP contribution in [0.2, 0.25) is 0 Å². The number of nitrogens with zero attached hydrogens (tertiary/aromatic N) is 1. The van der Waals surface area contributed by atoms with E-state index in [9.17, 15) is 4.79 Å². The molecule has 1 aliphatic heterocycles. The molecule has 0 aromatic carbocycles. The first-order valence-electron chi connectivity index (χ1n) is 7.42. The van der Waals surface area contributed by atoms with Crippen molar-refractivity contribution in [3.63, 3.8) is 0 Å². The van der Waals surface area contributed by atoms with E-state index in [1.165, 1.54) is 26.4 Å². The monoisotopic (exact) mass is 270 g/mol. The summed E-state index contributed by atoms with van der Waals surface area (Å²) >= 11 is 0. The lowest BCUT2D eigenvalue weighted by molar-refractivity contribution is -0.150. The van der Waals surface area contributed by atoms with Gasteiger partial charge in [0.2, 0.25) is 0 Å². The van der Waals surface area contributed by atoms with E-state index in [4.69, 9.17) is 4.74 Å². The van der Waals surface area contributed by atoms with Gasteiger partial charge in [0.05, 0.1) is 7.11 Å². The van der Waals surface area contributed by atoms with E-state index in [2.05, 4.69) is 37.9 Å². The van der Waals surface area contributed by atoms with Crippen LogP contribution in [-0.4, -0.2) is 48.2 Å². The molecule has 0 aliphatic carbocycles. The number of likely N-dealkylation sites (tertiary alicyclic amines) is 1. The molecule has 1 aliphatic rings. The van der Waals surface area contributed by atoms with Crippen LogP contribution in [0.15, 0.2) is 0 Å². The Morgan fingerprint density at radius 2 is 1.89 bits per heavy atom. The standard InChI is InChI=1S/C15H30N2O2/c1-11(2)16-15(5,14(18)19-6)10-17-12(3)8-7-9-13(17)4/h11-13,16H,7-10H2,1-6H3/t12-,13+,15?. The molecule has 112 valence electrons. The third kappa shape index (κ3) is 4.18. The summed E-state index contributed by atoms with van der Waals surface area (Å²) < 4.78 is 5.00. The van der Waals surface area contributed by atoms with Gasteiger partial charge in [-0.3, -0.25) is 15.0 Å². The van der Waals surface area contributed by atoms with Gasteiger partial charge in [0, 0.05) is 24.7 Å². The van der Waals surface area contributed by atoms with Gasteiger partial charge in [0.25, 0.3) is 0 Å². The zero-order chi connectivity index (χ0) is 14.6. The summed E-state index contributed by atoms with van der Waals surface area (Å²) in [5.74, 6) is -0.175. The van der Waals surface area contributed by atoms with E-state index in [1.807, 2.05) is 6.92 Å². The van der Waals surface area contributed by atoms with Crippen LogP contribution in [0.4, 0.5) is 0 Å². The van der Waals surface area contributed by atoms with Gasteiger partial charge in [0.1, 0.15) is 5.54 Å². The van der Waals surface area contributed by atoms with Crippen molar-refractivity contribution in [2.75, 3.05) is 13.7 Å². The summed E-state index contributed by atoms with van der Waals surface area (Å²) in [6.07, 6.45) is 3.71. The molecule has 4 heteroatoms. The molecule has 3 atom stereocenters. The van der Waals surface area contributed by atoms with Crippen LogP contribution < -0.4 is 5.32 Å². The molecule has 1 rings (SSSR count). The number of hydrogen-bond acceptors (Lipinski definition) is 4. The molecule has 1 fully saturated rings. The molecule has 0 bridgehead atoms. The maximum absolute atomic E-state index is 12.1. The molecule has 0 amide bonds. The van der Waals surface area contributed by atoms with Crippen LogP contribution in [0, 0.1) is 0 Å². The molecular weight excluding hydrogens is 240 g/mol. The SMILES string of the molecule is COC(=O)C(C)(CN1[C@H](C)CCC[C@@H]1C)NC(C)C. The Balaban J connectivity index is 2.84. The topological polar surface area (TPSA) is 41.6 Å². The summed E-state index contributed by atoms with van der Waals surface area (Å²) in [5, 5.41) is 3.38. The van der Waals surface area contributed by atoms with Gasteiger partial charge < -0.3 is 4.74 Å². The minimum absolute atomic E-state index is 0.175. The Labute approximate surface area is 117 Å². The number of carbonyl (C=O) groups excluding carboxylic acids is 1. The summed E-state index contributed by atoms with van der Waals surface area (Å²) in [6, 6.07) is 1.31. The van der Waals surface area contributed by atoms with Gasteiger partial charge >= 0.3 is 5.97 Å². The summed E-state index contributed by atoms with van der Waals surface area (Å²) in [7, 11) is 1.46. The fourth-order valence-electron chi connectivity index (χ4n) is 3.18. The molecule has 0 aromatic rings. The zero-order valence-electron chi connectivity index (χ0n) is 13.3. The molecule has 0 spiro atoms. The molecule has 1 saturated heterocycles. The highest BCUT2D eigenvalue weighted by Crippen LogP contribution is 2.25. The van der Waals surface area contributed by atoms with Gasteiger partial charge in [-0.25, -0.2) is 0 Å². The van der Waals surface area contributed by atoms with Gasteiger partial charge in [-0.15, -0.1) is 0 Å². The first kappa shape index (κ1) is 16.4. The lowest BCUT2D eigenvalue weighted by Crippen LogP contribution is -2.62. The maximum atomic E-state index is 12.1. The summed E-state index contributed by atoms with van der Waals surface area (Å²) in [6.45, 7) is 11.3. The second-order valence-electron chi connectivity index (χ2n) is 6.42. The average molecular weight is 270 g/mol. The molecule has 1 unspecified atom stereocenters. The number of carbonyl (C=O) groups is 1. The number of rotatable bonds is 5. The predicted octanol–water partition coefficient (Wildman–Crippen LogP) is 2.18. The fourth-order valence-corrected chi connectivity index (χ4v) is 3.18. The average Bonchev–Trinajstić information content (AvgIpc) is 2.32. The maximum Gasteiger partial charge on any atom is 0.327 e. The Morgan fingerprint density at radius 3 is 2.32 bits per heavy atom. The molecule has 1 N–H and O–H groups in total.